The van der Waals surface area contributed by atoms with E-state index in [1.165, 1.54) is 0 Å². The summed E-state index contributed by atoms with van der Waals surface area (Å²) in [5.41, 5.74) is 2.80. The number of nitrogens with one attached hydrogen (secondary N) is 1. The van der Waals surface area contributed by atoms with Gasteiger partial charge in [-0.05, 0) is 49.4 Å². The zero-order chi connectivity index (χ0) is 20.7. The minimum atomic E-state index is -0.0102. The number of benzene rings is 1. The van der Waals surface area contributed by atoms with Gasteiger partial charge in [0.2, 0.25) is 0 Å². The van der Waals surface area contributed by atoms with Crippen molar-refractivity contribution in [1.29, 1.82) is 0 Å². The highest BCUT2D eigenvalue weighted by atomic mass is 35.5. The fourth-order valence-electron chi connectivity index (χ4n) is 3.39. The van der Waals surface area contributed by atoms with E-state index in [0.29, 0.717) is 40.1 Å². The van der Waals surface area contributed by atoms with E-state index < -0.39 is 0 Å². The lowest BCUT2D eigenvalue weighted by Gasteiger charge is -2.07. The van der Waals surface area contributed by atoms with Gasteiger partial charge in [-0.3, -0.25) is 4.79 Å². The molecule has 0 fully saturated rings. The van der Waals surface area contributed by atoms with Crippen molar-refractivity contribution in [3.63, 3.8) is 0 Å². The van der Waals surface area contributed by atoms with Crippen LogP contribution in [-0.2, 0) is 6.54 Å². The fraction of sp³-hybridized carbons (Fsp3) is 0.0952. The molecule has 4 aromatic heterocycles. The smallest absolute Gasteiger partial charge is 0.178 e. The number of Topliss-reactive ketones (excluding diaryl/α,β-unsaturated/α-hetero) is 1. The average molecular weight is 418 g/mol. The molecule has 9 heteroatoms. The van der Waals surface area contributed by atoms with Crippen LogP contribution in [0.3, 0.4) is 0 Å². The molecule has 148 valence electrons. The van der Waals surface area contributed by atoms with Crippen molar-refractivity contribution < 1.29 is 4.79 Å². The fourth-order valence-corrected chi connectivity index (χ4v) is 3.58. The summed E-state index contributed by atoms with van der Waals surface area (Å²) in [6.45, 7) is 1.92. The van der Waals surface area contributed by atoms with Crippen molar-refractivity contribution in [3.8, 4) is 0 Å². The van der Waals surface area contributed by atoms with E-state index in [1.54, 1.807) is 23.8 Å². The van der Waals surface area contributed by atoms with Crippen LogP contribution < -0.4 is 5.32 Å². The lowest BCUT2D eigenvalue weighted by atomic mass is 10.2. The second kappa shape index (κ2) is 7.23. The number of rotatable bonds is 5. The van der Waals surface area contributed by atoms with Crippen LogP contribution in [0.25, 0.3) is 16.7 Å². The number of hydrogen-bond acceptors (Lipinski definition) is 6. The molecule has 0 amide bonds. The quantitative estimate of drug-likeness (QED) is 0.432. The third-order valence-electron chi connectivity index (χ3n) is 4.75. The summed E-state index contributed by atoms with van der Waals surface area (Å²) in [6.07, 6.45) is 3.51. The first kappa shape index (κ1) is 18.3. The van der Waals surface area contributed by atoms with Crippen molar-refractivity contribution in [1.82, 2.24) is 29.4 Å². The van der Waals surface area contributed by atoms with E-state index in [1.807, 2.05) is 53.1 Å². The number of hydrogen-bond donors (Lipinski definition) is 1. The van der Waals surface area contributed by atoms with Gasteiger partial charge in [0.05, 0.1) is 6.54 Å². The van der Waals surface area contributed by atoms with E-state index in [-0.39, 0.29) is 5.78 Å². The number of nitrogens with zero attached hydrogens (tertiary/aromatic N) is 6. The monoisotopic (exact) mass is 417 g/mol. The Bertz CT molecular complexity index is 1410. The maximum absolute atomic E-state index is 12.0. The average Bonchev–Trinajstić information content (AvgIpc) is 3.30. The van der Waals surface area contributed by atoms with Gasteiger partial charge in [-0.1, -0.05) is 17.7 Å². The predicted octanol–water partition coefficient (Wildman–Crippen LogP) is 4.12. The van der Waals surface area contributed by atoms with Crippen molar-refractivity contribution >= 4 is 45.6 Å². The summed E-state index contributed by atoms with van der Waals surface area (Å²) in [7, 11) is 0. The number of fused-ring (bicyclic) bond motifs is 2. The van der Waals surface area contributed by atoms with Crippen LogP contribution in [-0.4, -0.2) is 35.1 Å². The van der Waals surface area contributed by atoms with Gasteiger partial charge in [0.1, 0.15) is 5.65 Å². The Hall–Kier alpha value is -3.78. The first-order valence-electron chi connectivity index (χ1n) is 9.27. The number of aromatic nitrogens is 6. The van der Waals surface area contributed by atoms with Gasteiger partial charge in [0, 0.05) is 34.1 Å². The Morgan fingerprint density at radius 1 is 1.13 bits per heavy atom. The van der Waals surface area contributed by atoms with Gasteiger partial charge in [0.15, 0.2) is 23.1 Å². The molecule has 1 N–H and O–H groups in total. The number of carbonyl (C=O) groups is 1. The van der Waals surface area contributed by atoms with Crippen LogP contribution in [0.1, 0.15) is 23.1 Å². The zero-order valence-corrected chi connectivity index (χ0v) is 16.7. The second-order valence-electron chi connectivity index (χ2n) is 6.84. The molecule has 0 radical (unpaired) electrons. The van der Waals surface area contributed by atoms with E-state index in [9.17, 15) is 4.79 Å². The normalized spacial score (nSPS) is 11.3. The highest BCUT2D eigenvalue weighted by Crippen LogP contribution is 2.22. The number of anilines is 2. The number of halogens is 1. The van der Waals surface area contributed by atoms with E-state index in [2.05, 4.69) is 25.6 Å². The molecule has 8 nitrogen and oxygen atoms in total. The van der Waals surface area contributed by atoms with Gasteiger partial charge in [-0.2, -0.15) is 4.52 Å². The van der Waals surface area contributed by atoms with Crippen LogP contribution in [0.2, 0.25) is 5.02 Å². The highest BCUT2D eigenvalue weighted by molar-refractivity contribution is 6.30. The molecule has 5 aromatic rings. The predicted molar refractivity (Wildman–Crippen MR) is 114 cm³/mol. The van der Waals surface area contributed by atoms with Crippen LogP contribution in [0.5, 0.6) is 0 Å². The third-order valence-corrected chi connectivity index (χ3v) is 4.98. The van der Waals surface area contributed by atoms with Gasteiger partial charge in [-0.15, -0.1) is 15.3 Å². The van der Waals surface area contributed by atoms with Crippen LogP contribution in [0.4, 0.5) is 11.5 Å². The lowest BCUT2D eigenvalue weighted by Crippen LogP contribution is -2.07. The van der Waals surface area contributed by atoms with Crippen LogP contribution in [0.15, 0.2) is 60.9 Å². The maximum atomic E-state index is 12.0. The zero-order valence-electron chi connectivity index (χ0n) is 16.0. The third kappa shape index (κ3) is 3.27. The molecular formula is C21H16ClN7O. The number of ketones is 1. The standard InChI is InChI=1S/C21H16ClN7O/c1-13(30)17-11-28(21-16(17)6-3-9-23-21)12-20-26-25-19-8-7-18(27-29(19)20)24-15-5-2-4-14(22)10-15/h2-11H,12H2,1H3,(H,24,27). The molecule has 4 heterocycles. The van der Waals surface area contributed by atoms with Crippen molar-refractivity contribution in [3.05, 3.63) is 77.3 Å². The molecule has 0 aliphatic rings. The summed E-state index contributed by atoms with van der Waals surface area (Å²) in [5.74, 6) is 1.24. The molecular weight excluding hydrogens is 402 g/mol. The van der Waals surface area contributed by atoms with E-state index in [0.717, 1.165) is 11.1 Å². The molecule has 0 unspecified atom stereocenters. The second-order valence-corrected chi connectivity index (χ2v) is 7.28. The summed E-state index contributed by atoms with van der Waals surface area (Å²) in [5, 5.41) is 17.8. The summed E-state index contributed by atoms with van der Waals surface area (Å²) in [4.78, 5) is 16.5. The Morgan fingerprint density at radius 2 is 2.03 bits per heavy atom. The van der Waals surface area contributed by atoms with Crippen LogP contribution in [0, 0.1) is 0 Å². The first-order valence-corrected chi connectivity index (χ1v) is 9.65. The molecule has 0 saturated carbocycles. The molecule has 0 aliphatic heterocycles. The van der Waals surface area contributed by atoms with Gasteiger partial charge >= 0.3 is 0 Å². The van der Waals surface area contributed by atoms with Crippen molar-refractivity contribution in [2.45, 2.75) is 13.5 Å². The Labute approximate surface area is 176 Å². The maximum Gasteiger partial charge on any atom is 0.178 e. The molecule has 0 bridgehead atoms. The first-order chi connectivity index (χ1) is 14.6. The minimum Gasteiger partial charge on any atom is -0.339 e. The highest BCUT2D eigenvalue weighted by Gasteiger charge is 2.15. The molecule has 0 saturated heterocycles. The molecule has 5 rings (SSSR count). The van der Waals surface area contributed by atoms with Gasteiger partial charge in [-0.25, -0.2) is 4.98 Å². The summed E-state index contributed by atoms with van der Waals surface area (Å²) in [6, 6.07) is 14.8. The van der Waals surface area contributed by atoms with Crippen molar-refractivity contribution in [2.75, 3.05) is 5.32 Å². The van der Waals surface area contributed by atoms with Gasteiger partial charge < -0.3 is 9.88 Å². The van der Waals surface area contributed by atoms with Crippen LogP contribution >= 0.6 is 11.6 Å². The summed E-state index contributed by atoms with van der Waals surface area (Å²) >= 11 is 6.06. The minimum absolute atomic E-state index is 0.0102. The summed E-state index contributed by atoms with van der Waals surface area (Å²) < 4.78 is 3.57. The van der Waals surface area contributed by atoms with E-state index in [4.69, 9.17) is 11.6 Å². The molecule has 0 aliphatic carbocycles. The Morgan fingerprint density at radius 3 is 2.87 bits per heavy atom. The van der Waals surface area contributed by atoms with Crippen molar-refractivity contribution in [2.24, 2.45) is 0 Å². The lowest BCUT2D eigenvalue weighted by molar-refractivity contribution is 0.101. The topological polar surface area (TPSA) is 90.0 Å². The molecule has 30 heavy (non-hydrogen) atoms. The Kier molecular flexibility index (Phi) is 4.40. The number of pyridine rings is 1. The largest absolute Gasteiger partial charge is 0.339 e. The molecule has 1 aromatic carbocycles. The molecule has 0 spiro atoms. The molecule has 0 atom stereocenters. The van der Waals surface area contributed by atoms with E-state index >= 15 is 0 Å². The number of carbonyl (C=O) groups excluding carboxylic acids is 1. The Balaban J connectivity index is 1.52. The SMILES string of the molecule is CC(=O)c1cn(Cc2nnc3ccc(Nc4cccc(Cl)c4)nn23)c2ncccc12. The van der Waals surface area contributed by atoms with Gasteiger partial charge in [0.25, 0.3) is 0 Å².